The summed E-state index contributed by atoms with van der Waals surface area (Å²) in [6, 6.07) is 11.1. The van der Waals surface area contributed by atoms with Crippen LogP contribution in [0.15, 0.2) is 42.5 Å². The molecule has 0 aliphatic rings. The molecule has 2 aromatic rings. The molecular weight excluding hydrogens is 397 g/mol. The van der Waals surface area contributed by atoms with Gasteiger partial charge in [-0.2, -0.15) is 0 Å². The van der Waals surface area contributed by atoms with E-state index >= 15 is 0 Å². The number of phenolic OH excluding ortho intramolecular Hbond substituents is 1. The number of carbonyl (C=O) groups is 1. The molecule has 0 saturated heterocycles. The van der Waals surface area contributed by atoms with Crippen molar-refractivity contribution in [1.82, 2.24) is 0 Å². The number of halogens is 1. The molecule has 0 aromatic heterocycles. The average Bonchev–Trinajstić information content (AvgIpc) is 2.50. The number of ether oxygens (including phenoxy) is 1. The van der Waals surface area contributed by atoms with E-state index < -0.39 is 5.97 Å². The summed E-state index contributed by atoms with van der Waals surface area (Å²) in [5, 5.41) is 18.6. The van der Waals surface area contributed by atoms with Crippen LogP contribution in [0.3, 0.4) is 0 Å². The summed E-state index contributed by atoms with van der Waals surface area (Å²) in [4.78, 5) is 11.4. The molecular formula is C16H16INO4. The zero-order chi connectivity index (χ0) is 16.1. The Hall–Kier alpha value is -1.80. The van der Waals surface area contributed by atoms with Gasteiger partial charge in [0.05, 0.1) is 0 Å². The predicted molar refractivity (Wildman–Crippen MR) is 92.1 cm³/mol. The van der Waals surface area contributed by atoms with Crippen LogP contribution in [-0.4, -0.2) is 26.7 Å². The van der Waals surface area contributed by atoms with Crippen molar-refractivity contribution in [2.45, 2.75) is 12.5 Å². The third-order valence-electron chi connectivity index (χ3n) is 3.03. The maximum Gasteiger partial charge on any atom is 0.339 e. The first-order valence-corrected chi connectivity index (χ1v) is 8.17. The van der Waals surface area contributed by atoms with Crippen LogP contribution in [0.25, 0.3) is 0 Å². The highest BCUT2D eigenvalue weighted by Gasteiger charge is 2.14. The Bertz CT molecular complexity index is 658. The lowest BCUT2D eigenvalue weighted by Gasteiger charge is -2.12. The van der Waals surface area contributed by atoms with Gasteiger partial charge >= 0.3 is 5.97 Å². The molecule has 2 aromatic carbocycles. The Kier molecular flexibility index (Phi) is 5.62. The predicted octanol–water partition coefficient (Wildman–Crippen LogP) is 3.19. The number of nitrogens with two attached hydrogens (primary N) is 1. The van der Waals surface area contributed by atoms with Crippen molar-refractivity contribution in [3.63, 3.8) is 0 Å². The summed E-state index contributed by atoms with van der Waals surface area (Å²) < 4.78 is 6.38. The van der Waals surface area contributed by atoms with Gasteiger partial charge in [-0.1, -0.05) is 28.7 Å². The van der Waals surface area contributed by atoms with Gasteiger partial charge in [-0.05, 0) is 48.4 Å². The first-order valence-electron chi connectivity index (χ1n) is 6.64. The Morgan fingerprint density at radius 3 is 2.50 bits per heavy atom. The van der Waals surface area contributed by atoms with Crippen LogP contribution in [0.5, 0.6) is 17.2 Å². The van der Waals surface area contributed by atoms with Gasteiger partial charge < -0.3 is 20.7 Å². The fourth-order valence-corrected chi connectivity index (χ4v) is 2.27. The minimum atomic E-state index is -1.06. The number of alkyl halides is 1. The van der Waals surface area contributed by atoms with Crippen molar-refractivity contribution in [3.05, 3.63) is 53.6 Å². The quantitative estimate of drug-likeness (QED) is 0.500. The maximum atomic E-state index is 11.4. The van der Waals surface area contributed by atoms with E-state index in [4.69, 9.17) is 10.5 Å². The molecule has 0 aliphatic heterocycles. The third kappa shape index (κ3) is 4.35. The molecule has 1 atom stereocenters. The van der Waals surface area contributed by atoms with Crippen LogP contribution in [0.2, 0.25) is 0 Å². The first-order chi connectivity index (χ1) is 10.5. The molecule has 0 aliphatic carbocycles. The molecule has 116 valence electrons. The van der Waals surface area contributed by atoms with Crippen LogP contribution in [0, 0.1) is 0 Å². The van der Waals surface area contributed by atoms with E-state index in [-0.39, 0.29) is 23.1 Å². The molecule has 0 spiro atoms. The standard InChI is InChI=1S/C16H16INO4/c17-9-11(18)7-10-1-6-15(14(8-10)16(20)21)22-13-4-2-12(19)3-5-13/h1-6,8,11,19H,7,9,18H2,(H,20,21)/t11-/m0/s1. The number of carboxylic acids is 1. The second-order valence-electron chi connectivity index (χ2n) is 4.85. The molecule has 0 unspecified atom stereocenters. The molecule has 0 radical (unpaired) electrons. The van der Waals surface area contributed by atoms with Crippen LogP contribution in [0.1, 0.15) is 15.9 Å². The fraction of sp³-hybridized carbons (Fsp3) is 0.188. The Balaban J connectivity index is 2.27. The van der Waals surface area contributed by atoms with Crippen molar-refractivity contribution in [2.75, 3.05) is 4.43 Å². The fourth-order valence-electron chi connectivity index (χ4n) is 1.96. The van der Waals surface area contributed by atoms with Crippen LogP contribution < -0.4 is 10.5 Å². The maximum absolute atomic E-state index is 11.4. The van der Waals surface area contributed by atoms with Crippen molar-refractivity contribution in [3.8, 4) is 17.2 Å². The Morgan fingerprint density at radius 2 is 1.91 bits per heavy atom. The van der Waals surface area contributed by atoms with Crippen molar-refractivity contribution >= 4 is 28.6 Å². The summed E-state index contributed by atoms with van der Waals surface area (Å²) in [5.41, 5.74) is 6.85. The molecule has 0 fully saturated rings. The average molecular weight is 413 g/mol. The summed E-state index contributed by atoms with van der Waals surface area (Å²) in [5.74, 6) is -0.227. The molecule has 6 heteroatoms. The topological polar surface area (TPSA) is 92.8 Å². The smallest absolute Gasteiger partial charge is 0.339 e. The number of hydrogen-bond donors (Lipinski definition) is 3. The highest BCUT2D eigenvalue weighted by molar-refractivity contribution is 14.1. The van der Waals surface area contributed by atoms with Crippen molar-refractivity contribution in [2.24, 2.45) is 5.73 Å². The number of aromatic hydroxyl groups is 1. The largest absolute Gasteiger partial charge is 0.508 e. The monoisotopic (exact) mass is 413 g/mol. The van der Waals surface area contributed by atoms with Gasteiger partial charge in [0, 0.05) is 10.5 Å². The number of hydrogen-bond acceptors (Lipinski definition) is 4. The van der Waals surface area contributed by atoms with Crippen LogP contribution in [-0.2, 0) is 6.42 Å². The summed E-state index contributed by atoms with van der Waals surface area (Å²) >= 11 is 2.20. The van der Waals surface area contributed by atoms with Gasteiger partial charge in [-0.25, -0.2) is 4.79 Å². The lowest BCUT2D eigenvalue weighted by molar-refractivity contribution is 0.0694. The van der Waals surface area contributed by atoms with E-state index in [9.17, 15) is 15.0 Å². The van der Waals surface area contributed by atoms with E-state index in [1.165, 1.54) is 12.1 Å². The van der Waals surface area contributed by atoms with Crippen molar-refractivity contribution in [1.29, 1.82) is 0 Å². The lowest BCUT2D eigenvalue weighted by Crippen LogP contribution is -2.24. The van der Waals surface area contributed by atoms with E-state index in [0.717, 1.165) is 9.99 Å². The van der Waals surface area contributed by atoms with Gasteiger partial charge in [-0.15, -0.1) is 0 Å². The van der Waals surface area contributed by atoms with Crippen molar-refractivity contribution < 1.29 is 19.7 Å². The van der Waals surface area contributed by atoms with Gasteiger partial charge in [0.15, 0.2) is 0 Å². The molecule has 0 amide bonds. The first kappa shape index (κ1) is 16.6. The summed E-state index contributed by atoms with van der Waals surface area (Å²) in [7, 11) is 0. The number of phenols is 1. The van der Waals surface area contributed by atoms with E-state index in [0.29, 0.717) is 12.2 Å². The second-order valence-corrected chi connectivity index (χ2v) is 5.73. The van der Waals surface area contributed by atoms with Gasteiger partial charge in [0.2, 0.25) is 0 Å². The minimum absolute atomic E-state index is 0.00823. The van der Waals surface area contributed by atoms with Gasteiger partial charge in [0.25, 0.3) is 0 Å². The van der Waals surface area contributed by atoms with E-state index in [1.807, 2.05) is 6.07 Å². The van der Waals surface area contributed by atoms with Crippen LogP contribution in [0.4, 0.5) is 0 Å². The number of carboxylic acid groups (broad SMARTS) is 1. The molecule has 0 heterocycles. The number of benzene rings is 2. The van der Waals surface area contributed by atoms with E-state index in [2.05, 4.69) is 22.6 Å². The minimum Gasteiger partial charge on any atom is -0.508 e. The lowest BCUT2D eigenvalue weighted by atomic mass is 10.0. The molecule has 5 nitrogen and oxygen atoms in total. The second kappa shape index (κ2) is 7.46. The van der Waals surface area contributed by atoms with Gasteiger partial charge in [0.1, 0.15) is 22.8 Å². The number of rotatable bonds is 6. The molecule has 2 rings (SSSR count). The molecule has 0 bridgehead atoms. The normalized spacial score (nSPS) is 11.9. The highest BCUT2D eigenvalue weighted by atomic mass is 127. The Labute approximate surface area is 141 Å². The van der Waals surface area contributed by atoms with Crippen LogP contribution >= 0.6 is 22.6 Å². The SMILES string of the molecule is N[C@H](CI)Cc1ccc(Oc2ccc(O)cc2)c(C(=O)O)c1. The zero-order valence-corrected chi connectivity index (χ0v) is 13.9. The van der Waals surface area contributed by atoms with E-state index in [1.54, 1.807) is 24.3 Å². The highest BCUT2D eigenvalue weighted by Crippen LogP contribution is 2.28. The molecule has 4 N–H and O–H groups in total. The summed E-state index contributed by atoms with van der Waals surface area (Å²) in [6.07, 6.45) is 0.614. The molecule has 22 heavy (non-hydrogen) atoms. The number of aromatic carboxylic acids is 1. The Morgan fingerprint density at radius 1 is 1.23 bits per heavy atom. The third-order valence-corrected chi connectivity index (χ3v) is 4.17. The molecule has 0 saturated carbocycles. The van der Waals surface area contributed by atoms with Gasteiger partial charge in [-0.3, -0.25) is 0 Å². The zero-order valence-electron chi connectivity index (χ0n) is 11.7. The summed E-state index contributed by atoms with van der Waals surface area (Å²) in [6.45, 7) is 0.